The monoisotopic (exact) mass is 223 g/mol. The van der Waals surface area contributed by atoms with Gasteiger partial charge < -0.3 is 10.1 Å². The Kier molecular flexibility index (Phi) is 4.65. The Morgan fingerprint density at radius 1 is 1.19 bits per heavy atom. The third kappa shape index (κ3) is 4.32. The van der Waals surface area contributed by atoms with Crippen LogP contribution in [-0.4, -0.2) is 18.7 Å². The maximum absolute atomic E-state index is 11.2. The van der Waals surface area contributed by atoms with Crippen LogP contribution in [0.1, 0.15) is 6.92 Å². The number of urea groups is 1. The lowest BCUT2D eigenvalue weighted by Crippen LogP contribution is -2.44. The number of nitrogens with one attached hydrogen (secondary N) is 3. The van der Waals surface area contributed by atoms with Crippen molar-refractivity contribution in [2.24, 2.45) is 0 Å². The Morgan fingerprint density at radius 3 is 2.50 bits per heavy atom. The average Bonchev–Trinajstić information content (AvgIpc) is 2.28. The number of para-hydroxylation sites is 1. The number of hydrazine groups is 1. The van der Waals surface area contributed by atoms with Crippen LogP contribution in [0.2, 0.25) is 0 Å². The minimum atomic E-state index is -0.703. The van der Waals surface area contributed by atoms with Gasteiger partial charge in [-0.25, -0.2) is 20.4 Å². The van der Waals surface area contributed by atoms with Gasteiger partial charge >= 0.3 is 12.1 Å². The van der Waals surface area contributed by atoms with Gasteiger partial charge in [-0.15, -0.1) is 0 Å². The van der Waals surface area contributed by atoms with Gasteiger partial charge in [-0.3, -0.25) is 0 Å². The number of hydrogen-bond donors (Lipinski definition) is 3. The Balaban J connectivity index is 2.29. The van der Waals surface area contributed by atoms with Crippen LogP contribution in [0.15, 0.2) is 30.3 Å². The summed E-state index contributed by atoms with van der Waals surface area (Å²) in [6, 6.07) is 8.32. The van der Waals surface area contributed by atoms with E-state index in [9.17, 15) is 9.59 Å². The summed E-state index contributed by atoms with van der Waals surface area (Å²) in [5.74, 6) is 0. The van der Waals surface area contributed by atoms with Crippen molar-refractivity contribution in [3.8, 4) is 0 Å². The van der Waals surface area contributed by atoms with Gasteiger partial charge in [-0.2, -0.15) is 0 Å². The van der Waals surface area contributed by atoms with Crippen LogP contribution in [0.3, 0.4) is 0 Å². The second-order valence-electron chi connectivity index (χ2n) is 2.79. The zero-order chi connectivity index (χ0) is 11.8. The second kappa shape index (κ2) is 6.28. The summed E-state index contributed by atoms with van der Waals surface area (Å²) in [6.07, 6.45) is -0.703. The number of hydrogen-bond acceptors (Lipinski definition) is 3. The molecule has 0 aliphatic heterocycles. The van der Waals surface area contributed by atoms with Gasteiger partial charge in [-0.05, 0) is 19.1 Å². The van der Waals surface area contributed by atoms with Crippen molar-refractivity contribution < 1.29 is 14.3 Å². The molecule has 16 heavy (non-hydrogen) atoms. The van der Waals surface area contributed by atoms with Crippen molar-refractivity contribution in [2.45, 2.75) is 6.92 Å². The summed E-state index contributed by atoms with van der Waals surface area (Å²) in [6.45, 7) is 1.91. The quantitative estimate of drug-likeness (QED) is 0.664. The summed E-state index contributed by atoms with van der Waals surface area (Å²) in [5.41, 5.74) is 4.85. The SMILES string of the molecule is CCOC(=O)NNC(=O)Nc1ccccc1. The van der Waals surface area contributed by atoms with Gasteiger partial charge in [0, 0.05) is 5.69 Å². The van der Waals surface area contributed by atoms with Crippen LogP contribution in [0.25, 0.3) is 0 Å². The first-order valence-corrected chi connectivity index (χ1v) is 4.77. The number of benzene rings is 1. The Hall–Kier alpha value is -2.24. The molecule has 0 aliphatic rings. The molecule has 6 heteroatoms. The molecule has 1 aromatic rings. The molecule has 0 bridgehead atoms. The van der Waals surface area contributed by atoms with E-state index in [1.54, 1.807) is 31.2 Å². The molecular weight excluding hydrogens is 210 g/mol. The van der Waals surface area contributed by atoms with Crippen LogP contribution >= 0.6 is 0 Å². The fourth-order valence-electron chi connectivity index (χ4n) is 0.959. The molecule has 0 saturated carbocycles. The first-order valence-electron chi connectivity index (χ1n) is 4.77. The highest BCUT2D eigenvalue weighted by molar-refractivity contribution is 5.90. The summed E-state index contributed by atoms with van der Waals surface area (Å²) >= 11 is 0. The molecule has 3 amide bonds. The minimum Gasteiger partial charge on any atom is -0.449 e. The molecule has 0 radical (unpaired) electrons. The zero-order valence-electron chi connectivity index (χ0n) is 8.82. The smallest absolute Gasteiger partial charge is 0.426 e. The third-order valence-electron chi connectivity index (χ3n) is 1.59. The second-order valence-corrected chi connectivity index (χ2v) is 2.79. The van der Waals surface area contributed by atoms with E-state index in [1.165, 1.54) is 0 Å². The number of anilines is 1. The van der Waals surface area contributed by atoms with Crippen molar-refractivity contribution >= 4 is 17.8 Å². The number of carbonyl (C=O) groups is 2. The standard InChI is InChI=1S/C10H13N3O3/c1-2-16-10(15)13-12-9(14)11-8-6-4-3-5-7-8/h3-7H,2H2,1H3,(H,13,15)(H2,11,12,14). The highest BCUT2D eigenvalue weighted by Gasteiger charge is 2.03. The number of carbonyl (C=O) groups excluding carboxylic acids is 2. The fraction of sp³-hybridized carbons (Fsp3) is 0.200. The normalized spacial score (nSPS) is 9.06. The average molecular weight is 223 g/mol. The predicted molar refractivity (Wildman–Crippen MR) is 58.8 cm³/mol. The van der Waals surface area contributed by atoms with Gasteiger partial charge in [-0.1, -0.05) is 18.2 Å². The van der Waals surface area contributed by atoms with E-state index in [2.05, 4.69) is 20.9 Å². The van der Waals surface area contributed by atoms with Gasteiger partial charge in [0.05, 0.1) is 6.61 Å². The van der Waals surface area contributed by atoms with Crippen LogP contribution in [0.5, 0.6) is 0 Å². The summed E-state index contributed by atoms with van der Waals surface area (Å²) in [5, 5.41) is 2.52. The van der Waals surface area contributed by atoms with E-state index in [-0.39, 0.29) is 6.61 Å². The number of ether oxygens (including phenoxy) is 1. The minimum absolute atomic E-state index is 0.244. The van der Waals surface area contributed by atoms with Gasteiger partial charge in [0.25, 0.3) is 0 Å². The molecule has 86 valence electrons. The molecule has 0 fully saturated rings. The lowest BCUT2D eigenvalue weighted by atomic mass is 10.3. The maximum atomic E-state index is 11.2. The molecule has 0 saturated heterocycles. The third-order valence-corrected chi connectivity index (χ3v) is 1.59. The topological polar surface area (TPSA) is 79.5 Å². The first-order chi connectivity index (χ1) is 7.72. The van der Waals surface area contributed by atoms with Crippen molar-refractivity contribution in [3.63, 3.8) is 0 Å². The molecule has 0 atom stereocenters. The van der Waals surface area contributed by atoms with Crippen LogP contribution < -0.4 is 16.2 Å². The highest BCUT2D eigenvalue weighted by atomic mass is 16.6. The zero-order valence-corrected chi connectivity index (χ0v) is 8.82. The molecule has 0 aromatic heterocycles. The Morgan fingerprint density at radius 2 is 1.88 bits per heavy atom. The Labute approximate surface area is 92.9 Å². The van der Waals surface area contributed by atoms with E-state index >= 15 is 0 Å². The van der Waals surface area contributed by atoms with E-state index in [0.717, 1.165) is 0 Å². The lowest BCUT2D eigenvalue weighted by Gasteiger charge is -2.08. The molecule has 1 aromatic carbocycles. The fourth-order valence-corrected chi connectivity index (χ4v) is 0.959. The van der Waals surface area contributed by atoms with E-state index in [4.69, 9.17) is 0 Å². The molecule has 0 aliphatic carbocycles. The summed E-state index contributed by atoms with van der Waals surface area (Å²) in [7, 11) is 0. The molecular formula is C10H13N3O3. The van der Waals surface area contributed by atoms with Crippen LogP contribution in [-0.2, 0) is 4.74 Å². The number of amides is 3. The van der Waals surface area contributed by atoms with Crippen molar-refractivity contribution in [1.82, 2.24) is 10.9 Å². The largest absolute Gasteiger partial charge is 0.449 e. The molecule has 1 rings (SSSR count). The molecule has 0 unspecified atom stereocenters. The lowest BCUT2D eigenvalue weighted by molar-refractivity contribution is 0.148. The van der Waals surface area contributed by atoms with Gasteiger partial charge in [0.2, 0.25) is 0 Å². The van der Waals surface area contributed by atoms with E-state index < -0.39 is 12.1 Å². The first kappa shape index (κ1) is 11.8. The Bertz CT molecular complexity index is 354. The van der Waals surface area contributed by atoms with E-state index in [0.29, 0.717) is 5.69 Å². The molecule has 6 nitrogen and oxygen atoms in total. The predicted octanol–water partition coefficient (Wildman–Crippen LogP) is 1.47. The van der Waals surface area contributed by atoms with Gasteiger partial charge in [0.15, 0.2) is 0 Å². The van der Waals surface area contributed by atoms with E-state index in [1.807, 2.05) is 6.07 Å². The van der Waals surface area contributed by atoms with Crippen molar-refractivity contribution in [3.05, 3.63) is 30.3 Å². The number of rotatable bonds is 2. The summed E-state index contributed by atoms with van der Waals surface area (Å²) in [4.78, 5) is 22.1. The molecule has 0 heterocycles. The van der Waals surface area contributed by atoms with Crippen molar-refractivity contribution in [1.29, 1.82) is 0 Å². The van der Waals surface area contributed by atoms with Crippen LogP contribution in [0, 0.1) is 0 Å². The summed E-state index contributed by atoms with van der Waals surface area (Å²) < 4.78 is 4.55. The van der Waals surface area contributed by atoms with Crippen LogP contribution in [0.4, 0.5) is 15.3 Å². The maximum Gasteiger partial charge on any atom is 0.426 e. The highest BCUT2D eigenvalue weighted by Crippen LogP contribution is 2.03. The van der Waals surface area contributed by atoms with Gasteiger partial charge in [0.1, 0.15) is 0 Å². The van der Waals surface area contributed by atoms with Crippen molar-refractivity contribution in [2.75, 3.05) is 11.9 Å². The molecule has 3 N–H and O–H groups in total. The molecule has 0 spiro atoms.